The van der Waals surface area contributed by atoms with Gasteiger partial charge in [0.05, 0.1) is 69.3 Å². The third-order valence-corrected chi connectivity index (χ3v) is 14.9. The van der Waals surface area contributed by atoms with E-state index in [9.17, 15) is 35.9 Å². The Balaban J connectivity index is 0.000000168. The summed E-state index contributed by atoms with van der Waals surface area (Å²) < 4.78 is 132. The topological polar surface area (TPSA) is 236 Å². The molecule has 0 aliphatic carbocycles. The molecule has 0 atom stereocenters. The average molecular weight is 1510 g/mol. The highest BCUT2D eigenvalue weighted by atomic mass is 127. The van der Waals surface area contributed by atoms with Crippen LogP contribution in [0, 0.1) is 78.0 Å². The fourth-order valence-corrected chi connectivity index (χ4v) is 10.4. The molecule has 0 fully saturated rings. The van der Waals surface area contributed by atoms with Crippen molar-refractivity contribution in [3.8, 4) is 17.2 Å². The van der Waals surface area contributed by atoms with Gasteiger partial charge in [-0.1, -0.05) is 5.10 Å². The summed E-state index contributed by atoms with van der Waals surface area (Å²) in [5.41, 5.74) is 13.4. The van der Waals surface area contributed by atoms with Crippen molar-refractivity contribution in [2.45, 2.75) is 20.8 Å². The Morgan fingerprint density at radius 3 is 1.31 bits per heavy atom. The van der Waals surface area contributed by atoms with Crippen molar-refractivity contribution < 1.29 is 53.9 Å². The van der Waals surface area contributed by atoms with Gasteiger partial charge in [-0.05, 0) is 178 Å². The second-order valence-corrected chi connectivity index (χ2v) is 22.2. The molecule has 30 heteroatoms. The minimum atomic E-state index is -2.41. The monoisotopic (exact) mass is 1510 g/mol. The molecule has 4 heterocycles. The Labute approximate surface area is 519 Å². The highest BCUT2D eigenvalue weighted by Gasteiger charge is 2.31. The van der Waals surface area contributed by atoms with E-state index in [1.165, 1.54) is 24.3 Å². The van der Waals surface area contributed by atoms with E-state index >= 15 is 8.78 Å². The number of carbonyl (C=O) groups excluding carboxylic acids is 2. The van der Waals surface area contributed by atoms with Crippen molar-refractivity contribution in [2.75, 3.05) is 21.7 Å². The lowest BCUT2D eigenvalue weighted by Gasteiger charge is -2.16. The van der Waals surface area contributed by atoms with Gasteiger partial charge in [0.25, 0.3) is 11.8 Å². The number of nitrogen functional groups attached to an aromatic ring is 2. The number of amides is 1. The average Bonchev–Trinajstić information content (AvgIpc) is 3.66. The van der Waals surface area contributed by atoms with Gasteiger partial charge >= 0.3 is 12.0 Å². The number of benzene rings is 7. The van der Waals surface area contributed by atoms with Crippen LogP contribution in [0.2, 0.25) is 0 Å². The molecule has 0 spiro atoms. The van der Waals surface area contributed by atoms with Crippen LogP contribution in [0.1, 0.15) is 37.4 Å². The van der Waals surface area contributed by atoms with Gasteiger partial charge < -0.3 is 44.5 Å². The third-order valence-electron chi connectivity index (χ3n) is 12.9. The van der Waals surface area contributed by atoms with Crippen molar-refractivity contribution in [2.24, 2.45) is 27.0 Å². The van der Waals surface area contributed by atoms with Gasteiger partial charge in [0.15, 0.2) is 17.5 Å². The lowest BCUT2D eigenvalue weighted by Crippen LogP contribution is -2.30. The number of carbonyl (C=O) groups is 2. The number of imidazole rings is 3. The second-order valence-electron chi connectivity index (χ2n) is 18.5. The van der Waals surface area contributed by atoms with Crippen LogP contribution in [0.25, 0.3) is 44.6 Å². The molecule has 4 aromatic heterocycles. The molecule has 1 amide bonds. The van der Waals surface area contributed by atoms with Gasteiger partial charge in [0, 0.05) is 57.3 Å². The van der Waals surface area contributed by atoms with E-state index in [0.29, 0.717) is 33.5 Å². The van der Waals surface area contributed by atoms with E-state index in [1.54, 1.807) is 66.8 Å². The summed E-state index contributed by atoms with van der Waals surface area (Å²) in [5.74, 6) is -12.3. The fraction of sp³-hybridized carbons (Fsp3) is 0.109. The van der Waals surface area contributed by atoms with Gasteiger partial charge in [-0.15, -0.1) is 5.10 Å². The van der Waals surface area contributed by atoms with Gasteiger partial charge in [-0.3, -0.25) is 10.2 Å². The summed E-state index contributed by atoms with van der Waals surface area (Å²) in [5, 5.41) is 16.5. The number of nitrogens with one attached hydrogen (secondary N) is 4. The SMILES string of the molecule is Cc1cc(I)ccc1Nc1c(-c2nnc(N)o2)cc2c(ncn2C)c1F.Cc1cc(I)ccc1Nc1c(C(=O)NN)cc2c(ncn2C)c1F.Cc1cc(I)ccc1Nc1c(C(=O)Oc2c(F)c(F)c(F)c(F)c2F)cc2c(ncn2C)c1F.[B]. The van der Waals surface area contributed by atoms with Crippen LogP contribution in [0.15, 0.2) is 96.2 Å². The summed E-state index contributed by atoms with van der Waals surface area (Å²) in [7, 11) is 5.02. The van der Waals surface area contributed by atoms with Gasteiger partial charge in [-0.25, -0.2) is 51.9 Å². The van der Waals surface area contributed by atoms with Crippen molar-refractivity contribution in [1.29, 1.82) is 0 Å². The van der Waals surface area contributed by atoms with Crippen LogP contribution in [-0.2, 0) is 21.1 Å². The lowest BCUT2D eigenvalue weighted by atomic mass is 10.1. The quantitative estimate of drug-likeness (QED) is 0.00714. The molecule has 0 aliphatic heterocycles. The normalized spacial score (nSPS) is 11.0. The number of ether oxygens (including phenoxy) is 1. The molecule has 0 unspecified atom stereocenters. The maximum atomic E-state index is 15.4. The van der Waals surface area contributed by atoms with Crippen LogP contribution in [0.4, 0.5) is 75.3 Å². The molecule has 3 radical (unpaired) electrons. The molecule has 11 rings (SSSR count). The highest BCUT2D eigenvalue weighted by molar-refractivity contribution is 14.1. The maximum Gasteiger partial charge on any atom is 0.346 e. The van der Waals surface area contributed by atoms with Crippen molar-refractivity contribution >= 4 is 161 Å². The Morgan fingerprint density at radius 2 is 0.906 bits per heavy atom. The van der Waals surface area contributed by atoms with Gasteiger partial charge in [-0.2, -0.15) is 8.78 Å². The zero-order valence-corrected chi connectivity index (χ0v) is 51.2. The molecule has 435 valence electrons. The van der Waals surface area contributed by atoms with Crippen LogP contribution in [0.5, 0.6) is 5.75 Å². The molecule has 11 aromatic rings. The van der Waals surface area contributed by atoms with Crippen LogP contribution in [0.3, 0.4) is 0 Å². The summed E-state index contributed by atoms with van der Waals surface area (Å²) in [6, 6.07) is 21.0. The number of halogens is 11. The minimum absolute atomic E-state index is 0. The number of esters is 1. The number of nitrogens with zero attached hydrogens (tertiary/aromatic N) is 8. The molecule has 8 N–H and O–H groups in total. The first-order valence-electron chi connectivity index (χ1n) is 24.2. The van der Waals surface area contributed by atoms with Gasteiger partial charge in [0.1, 0.15) is 16.6 Å². The van der Waals surface area contributed by atoms with Crippen LogP contribution >= 0.6 is 67.8 Å². The van der Waals surface area contributed by atoms with E-state index in [-0.39, 0.29) is 59.3 Å². The number of rotatable bonds is 10. The van der Waals surface area contributed by atoms with E-state index in [4.69, 9.17) is 16.0 Å². The Morgan fingerprint density at radius 1 is 0.529 bits per heavy atom. The van der Waals surface area contributed by atoms with Gasteiger partial charge in [0.2, 0.25) is 34.8 Å². The standard InChI is InChI=1S/C22H12F6IN3O2.C17H14FIN6O.C16H15FIN5O.B/c1-8-5-9(29)3-4-11(8)31-19-10(6-12-20(18(19)28)30-7-32(12)2)22(33)34-21-16(26)14(24)13(23)15(25)17(21)27;1-8-5-9(19)3-4-11(8)22-14-10(16-23-24-17(20)26-16)6-12-15(13(14)18)21-7-25(12)2;1-8-5-9(18)3-4-11(8)21-14-10(16(24)22-19)6-12-15(13(14)17)20-7-23(12)2;/h3-7,31H,1-2H3;3-7,22H,1-2H3,(H2,20,24);3-7,21H,19H2,1-2H3,(H,22,24);. The molecular weight excluding hydrogens is 1460 g/mol. The predicted octanol–water partition coefficient (Wildman–Crippen LogP) is 12.9. The summed E-state index contributed by atoms with van der Waals surface area (Å²) in [6.45, 7) is 5.57. The Bertz CT molecular complexity index is 4440. The van der Waals surface area contributed by atoms with Crippen LogP contribution < -0.4 is 37.7 Å². The molecule has 0 saturated heterocycles. The number of aromatic nitrogens is 8. The van der Waals surface area contributed by atoms with E-state index in [0.717, 1.165) is 33.6 Å². The molecular formula is C55H41BF8I3N14O4. The lowest BCUT2D eigenvalue weighted by molar-refractivity contribution is 0.0716. The maximum absolute atomic E-state index is 15.4. The van der Waals surface area contributed by atoms with E-state index < -0.39 is 75.4 Å². The highest BCUT2D eigenvalue weighted by Crippen LogP contribution is 2.39. The fourth-order valence-electron chi connectivity index (χ4n) is 8.50. The Hall–Kier alpha value is -8.12. The number of anilines is 7. The molecule has 18 nitrogen and oxygen atoms in total. The van der Waals surface area contributed by atoms with Crippen molar-refractivity contribution in [3.63, 3.8) is 0 Å². The van der Waals surface area contributed by atoms with E-state index in [2.05, 4.69) is 119 Å². The summed E-state index contributed by atoms with van der Waals surface area (Å²) in [4.78, 5) is 37.1. The first kappa shape index (κ1) is 62.9. The first-order valence-corrected chi connectivity index (χ1v) is 27.4. The molecule has 85 heavy (non-hydrogen) atoms. The largest absolute Gasteiger partial charge is 0.416 e. The summed E-state index contributed by atoms with van der Waals surface area (Å²) >= 11 is 6.50. The number of hydrogen-bond donors (Lipinski definition) is 6. The molecule has 0 bridgehead atoms. The predicted molar refractivity (Wildman–Crippen MR) is 330 cm³/mol. The number of hydrazine groups is 1. The number of nitrogens with two attached hydrogens (primary N) is 2. The van der Waals surface area contributed by atoms with E-state index in [1.807, 2.05) is 50.2 Å². The number of fused-ring (bicyclic) bond motifs is 3. The van der Waals surface area contributed by atoms with Crippen LogP contribution in [-0.4, -0.2) is 59.1 Å². The molecule has 7 aromatic carbocycles. The second kappa shape index (κ2) is 25.6. The Kier molecular flexibility index (Phi) is 19.0. The minimum Gasteiger partial charge on any atom is -0.416 e. The smallest absolute Gasteiger partial charge is 0.346 e. The zero-order chi connectivity index (χ0) is 60.7. The number of hydrogen-bond acceptors (Lipinski definition) is 14. The number of aryl methyl sites for hydroxylation is 6. The van der Waals surface area contributed by atoms with Crippen molar-refractivity contribution in [1.82, 2.24) is 44.3 Å². The molecule has 0 saturated carbocycles. The first-order chi connectivity index (χ1) is 39.9. The molecule has 0 aliphatic rings. The summed E-state index contributed by atoms with van der Waals surface area (Å²) in [6.07, 6.45) is 4.32. The van der Waals surface area contributed by atoms with Crippen molar-refractivity contribution in [3.05, 3.63) is 177 Å². The third kappa shape index (κ3) is 12.7. The zero-order valence-electron chi connectivity index (χ0n) is 44.8.